The number of morpholine rings is 1. The molecule has 0 radical (unpaired) electrons. The van der Waals surface area contributed by atoms with Crippen LogP contribution in [0.1, 0.15) is 25.1 Å². The van der Waals surface area contributed by atoms with Gasteiger partial charge in [-0.25, -0.2) is 9.97 Å². The van der Waals surface area contributed by atoms with Crippen LogP contribution in [0.2, 0.25) is 0 Å². The molecule has 0 aliphatic carbocycles. The molecule has 0 spiro atoms. The van der Waals surface area contributed by atoms with Gasteiger partial charge in [0, 0.05) is 23.3 Å². The van der Waals surface area contributed by atoms with Crippen LogP contribution in [0.15, 0.2) is 35.4 Å². The molecule has 1 saturated heterocycles. The summed E-state index contributed by atoms with van der Waals surface area (Å²) in [5.41, 5.74) is 3.22. The number of quaternary nitrogens is 1. The van der Waals surface area contributed by atoms with Crippen molar-refractivity contribution in [2.75, 3.05) is 38.6 Å². The van der Waals surface area contributed by atoms with Gasteiger partial charge < -0.3 is 14.4 Å². The monoisotopic (exact) mass is 386 g/mol. The molecule has 1 fully saturated rings. The smallest absolute Gasteiger partial charge is 0.160 e. The van der Waals surface area contributed by atoms with Gasteiger partial charge in [0.15, 0.2) is 5.82 Å². The number of nitrogens with one attached hydrogen (secondary N) is 1. The van der Waals surface area contributed by atoms with Gasteiger partial charge in [-0.3, -0.25) is 0 Å². The molecule has 1 N–H and O–H groups in total. The minimum absolute atomic E-state index is 0.171. The highest BCUT2D eigenvalue weighted by molar-refractivity contribution is 7.99. The topological polar surface area (TPSA) is 48.7 Å². The minimum Gasteiger partial charge on any atom is -0.370 e. The number of hydrogen-bond donors (Lipinski definition) is 1. The Kier molecular flexibility index (Phi) is 5.78. The van der Waals surface area contributed by atoms with Crippen molar-refractivity contribution in [2.45, 2.75) is 37.5 Å². The predicted octanol–water partition coefficient (Wildman–Crippen LogP) is 2.00. The van der Waals surface area contributed by atoms with Crippen molar-refractivity contribution in [1.82, 2.24) is 9.97 Å². The number of benzene rings is 1. The van der Waals surface area contributed by atoms with E-state index in [4.69, 9.17) is 19.4 Å². The summed E-state index contributed by atoms with van der Waals surface area (Å²) in [6.45, 7) is 9.98. The molecular weight excluding hydrogens is 358 g/mol. The van der Waals surface area contributed by atoms with Crippen molar-refractivity contribution >= 4 is 11.8 Å². The van der Waals surface area contributed by atoms with E-state index in [0.29, 0.717) is 6.61 Å². The average molecular weight is 387 g/mol. The number of aromatic nitrogens is 2. The molecule has 0 unspecified atom stereocenters. The highest BCUT2D eigenvalue weighted by Gasteiger charge is 2.30. The summed E-state index contributed by atoms with van der Waals surface area (Å²) in [6.07, 6.45) is 0.826. The lowest BCUT2D eigenvalue weighted by atomic mass is 9.96. The largest absolute Gasteiger partial charge is 0.370 e. The summed E-state index contributed by atoms with van der Waals surface area (Å²) in [4.78, 5) is 11.5. The van der Waals surface area contributed by atoms with Gasteiger partial charge in [-0.05, 0) is 13.8 Å². The quantitative estimate of drug-likeness (QED) is 0.629. The van der Waals surface area contributed by atoms with E-state index in [-0.39, 0.29) is 5.60 Å². The summed E-state index contributed by atoms with van der Waals surface area (Å²) in [7, 11) is 0. The number of fused-ring (bicyclic) bond motifs is 1. The van der Waals surface area contributed by atoms with Crippen molar-refractivity contribution < 1.29 is 14.4 Å². The van der Waals surface area contributed by atoms with Gasteiger partial charge in [-0.2, -0.15) is 0 Å². The molecule has 0 amide bonds. The van der Waals surface area contributed by atoms with E-state index in [1.807, 2.05) is 30.0 Å². The Morgan fingerprint density at radius 2 is 1.89 bits per heavy atom. The molecule has 144 valence electrons. The maximum Gasteiger partial charge on any atom is 0.160 e. The zero-order chi connectivity index (χ0) is 18.7. The Morgan fingerprint density at radius 1 is 1.11 bits per heavy atom. The van der Waals surface area contributed by atoms with Gasteiger partial charge in [0.1, 0.15) is 18.1 Å². The lowest BCUT2D eigenvalue weighted by Crippen LogP contribution is -3.14. The number of hydrogen-bond acceptors (Lipinski definition) is 5. The second-order valence-electron chi connectivity index (χ2n) is 7.83. The van der Waals surface area contributed by atoms with E-state index in [9.17, 15) is 0 Å². The lowest BCUT2D eigenvalue weighted by molar-refractivity contribution is -0.905. The van der Waals surface area contributed by atoms with Crippen molar-refractivity contribution in [1.29, 1.82) is 0 Å². The lowest BCUT2D eigenvalue weighted by Gasteiger charge is -2.32. The SMILES string of the molecule is CC1(C)Cc2nc(-c3ccccc3)nc(SCC[NH+]3CCOCC3)c2CO1. The first-order valence-electron chi connectivity index (χ1n) is 9.74. The fraction of sp³-hybridized carbons (Fsp3) is 0.524. The van der Waals surface area contributed by atoms with Crippen molar-refractivity contribution in [2.24, 2.45) is 0 Å². The second kappa shape index (κ2) is 8.27. The Morgan fingerprint density at radius 3 is 2.67 bits per heavy atom. The third kappa shape index (κ3) is 4.69. The first-order valence-corrected chi connectivity index (χ1v) is 10.7. The summed E-state index contributed by atoms with van der Waals surface area (Å²) >= 11 is 1.84. The normalized spacial score (nSPS) is 19.6. The van der Waals surface area contributed by atoms with Crippen LogP contribution < -0.4 is 4.90 Å². The van der Waals surface area contributed by atoms with E-state index < -0.39 is 0 Å². The fourth-order valence-electron chi connectivity index (χ4n) is 3.56. The van der Waals surface area contributed by atoms with Gasteiger partial charge >= 0.3 is 0 Å². The van der Waals surface area contributed by atoms with Crippen LogP contribution in [0.3, 0.4) is 0 Å². The minimum atomic E-state index is -0.171. The van der Waals surface area contributed by atoms with Crippen molar-refractivity contribution in [3.05, 3.63) is 41.6 Å². The van der Waals surface area contributed by atoms with Gasteiger partial charge in [0.05, 0.1) is 37.7 Å². The molecule has 0 bridgehead atoms. The molecule has 2 aliphatic heterocycles. The Labute approximate surface area is 165 Å². The molecule has 27 heavy (non-hydrogen) atoms. The summed E-state index contributed by atoms with van der Waals surface area (Å²) in [6, 6.07) is 10.3. The van der Waals surface area contributed by atoms with Crippen LogP contribution in [0.4, 0.5) is 0 Å². The van der Waals surface area contributed by atoms with Crippen molar-refractivity contribution in [3.8, 4) is 11.4 Å². The zero-order valence-electron chi connectivity index (χ0n) is 16.2. The molecule has 3 heterocycles. The van der Waals surface area contributed by atoms with Crippen LogP contribution in [-0.4, -0.2) is 54.2 Å². The number of ether oxygens (including phenoxy) is 2. The highest BCUT2D eigenvalue weighted by atomic mass is 32.2. The number of rotatable bonds is 5. The third-order valence-corrected chi connectivity index (χ3v) is 6.20. The molecule has 0 saturated carbocycles. The molecule has 1 aromatic carbocycles. The van der Waals surface area contributed by atoms with Crippen LogP contribution in [0.5, 0.6) is 0 Å². The molecule has 5 nitrogen and oxygen atoms in total. The third-order valence-electron chi connectivity index (χ3n) is 5.18. The van der Waals surface area contributed by atoms with Gasteiger partial charge in [-0.1, -0.05) is 30.3 Å². The summed E-state index contributed by atoms with van der Waals surface area (Å²) < 4.78 is 11.5. The van der Waals surface area contributed by atoms with E-state index in [2.05, 4.69) is 26.0 Å². The maximum atomic E-state index is 6.06. The first-order chi connectivity index (χ1) is 13.1. The highest BCUT2D eigenvalue weighted by Crippen LogP contribution is 2.33. The number of thioether (sulfide) groups is 1. The van der Waals surface area contributed by atoms with Crippen LogP contribution in [0, 0.1) is 0 Å². The summed E-state index contributed by atoms with van der Waals surface area (Å²) in [5.74, 6) is 1.88. The number of nitrogens with zero attached hydrogens (tertiary/aromatic N) is 2. The van der Waals surface area contributed by atoms with Crippen LogP contribution in [-0.2, 0) is 22.5 Å². The zero-order valence-corrected chi connectivity index (χ0v) is 17.0. The molecule has 2 aliphatic rings. The van der Waals surface area contributed by atoms with Crippen LogP contribution >= 0.6 is 11.8 Å². The maximum absolute atomic E-state index is 6.06. The van der Waals surface area contributed by atoms with E-state index in [1.165, 1.54) is 5.56 Å². The van der Waals surface area contributed by atoms with Gasteiger partial charge in [0.25, 0.3) is 0 Å². The molecule has 1 aromatic heterocycles. The molecule has 2 aromatic rings. The molecule has 4 rings (SSSR count). The molecular formula is C21H28N3O2S+. The van der Waals surface area contributed by atoms with E-state index in [0.717, 1.165) is 67.1 Å². The standard InChI is InChI=1S/C21H27N3O2S/c1-21(2)14-18-17(15-26-21)20(27-13-10-24-8-11-25-12-9-24)23-19(22-18)16-6-4-3-5-7-16/h3-7H,8-15H2,1-2H3/p+1. The molecule has 6 heteroatoms. The Balaban J connectivity index is 1.57. The van der Waals surface area contributed by atoms with Gasteiger partial charge in [0.2, 0.25) is 0 Å². The first kappa shape index (κ1) is 18.9. The Hall–Kier alpha value is -1.47. The van der Waals surface area contributed by atoms with Crippen molar-refractivity contribution in [3.63, 3.8) is 0 Å². The van der Waals surface area contributed by atoms with Crippen LogP contribution in [0.25, 0.3) is 11.4 Å². The molecule has 0 atom stereocenters. The predicted molar refractivity (Wildman–Crippen MR) is 107 cm³/mol. The van der Waals surface area contributed by atoms with Gasteiger partial charge in [-0.15, -0.1) is 11.8 Å². The fourth-order valence-corrected chi connectivity index (χ4v) is 4.64. The van der Waals surface area contributed by atoms with E-state index in [1.54, 1.807) is 4.90 Å². The second-order valence-corrected chi connectivity index (χ2v) is 8.91. The average Bonchev–Trinajstić information content (AvgIpc) is 2.68. The Bertz CT molecular complexity index is 776. The summed E-state index contributed by atoms with van der Waals surface area (Å²) in [5, 5.41) is 1.09. The van der Waals surface area contributed by atoms with E-state index >= 15 is 0 Å².